The Morgan fingerprint density at radius 3 is 2.62 bits per heavy atom. The Hall–Kier alpha value is -4.18. The summed E-state index contributed by atoms with van der Waals surface area (Å²) in [6.45, 7) is 0.828. The lowest BCUT2D eigenvalue weighted by Crippen LogP contribution is -2.43. The minimum absolute atomic E-state index is 0.0969. The van der Waals surface area contributed by atoms with Gasteiger partial charge in [-0.05, 0) is 61.9 Å². The monoisotopic (exact) mass is 546 g/mol. The van der Waals surface area contributed by atoms with E-state index in [-0.39, 0.29) is 5.57 Å². The number of carbonyl (C=O) groups excluding carboxylic acids is 3. The largest absolute Gasteiger partial charge is 0.493 e. The first kappa shape index (κ1) is 26.1. The fourth-order valence-electron chi connectivity index (χ4n) is 6.18. The molecular formula is C30H30N2O8. The number of carbonyl (C=O) groups is 3. The van der Waals surface area contributed by atoms with E-state index in [4.69, 9.17) is 23.5 Å². The Bertz CT molecular complexity index is 1460. The summed E-state index contributed by atoms with van der Waals surface area (Å²) >= 11 is 0. The number of piperidine rings is 1. The highest BCUT2D eigenvalue weighted by molar-refractivity contribution is 6.23. The molecule has 10 heteroatoms. The summed E-state index contributed by atoms with van der Waals surface area (Å²) in [5.41, 5.74) is 2.20. The zero-order valence-electron chi connectivity index (χ0n) is 22.2. The number of ether oxygens (including phenoxy) is 4. The SMILES string of the molecule is COc1cc(/C2=C\C(=O)OCC(=O)OC2=O)ccc1OCCCN1C2CCC1CC(c1noc3ccccc13)C2. The van der Waals surface area contributed by atoms with Crippen molar-refractivity contribution in [3.05, 3.63) is 59.8 Å². The summed E-state index contributed by atoms with van der Waals surface area (Å²) in [5.74, 6) is -1.32. The highest BCUT2D eigenvalue weighted by Gasteiger charge is 2.42. The molecule has 0 N–H and O–H groups in total. The summed E-state index contributed by atoms with van der Waals surface area (Å²) in [7, 11) is 1.49. The first-order valence-corrected chi connectivity index (χ1v) is 13.5. The molecule has 0 spiro atoms. The number of benzene rings is 2. The van der Waals surface area contributed by atoms with Crippen LogP contribution in [0.3, 0.4) is 0 Å². The number of para-hydroxylation sites is 1. The molecule has 6 rings (SSSR count). The molecule has 4 heterocycles. The third kappa shape index (κ3) is 5.19. The van der Waals surface area contributed by atoms with Crippen molar-refractivity contribution >= 4 is 34.5 Å². The number of rotatable bonds is 8. The molecule has 3 aliphatic heterocycles. The summed E-state index contributed by atoms with van der Waals surface area (Å²) in [6, 6.07) is 14.0. The van der Waals surface area contributed by atoms with Crippen LogP contribution >= 0.6 is 0 Å². The van der Waals surface area contributed by atoms with Crippen LogP contribution in [0.25, 0.3) is 16.5 Å². The van der Waals surface area contributed by atoms with Crippen molar-refractivity contribution in [1.82, 2.24) is 10.1 Å². The van der Waals surface area contributed by atoms with Gasteiger partial charge in [0.25, 0.3) is 0 Å². The Morgan fingerprint density at radius 1 is 1.02 bits per heavy atom. The average molecular weight is 547 g/mol. The molecule has 2 fully saturated rings. The third-order valence-electron chi connectivity index (χ3n) is 7.99. The summed E-state index contributed by atoms with van der Waals surface area (Å²) in [4.78, 5) is 38.4. The van der Waals surface area contributed by atoms with Crippen molar-refractivity contribution < 1.29 is 37.9 Å². The van der Waals surface area contributed by atoms with E-state index < -0.39 is 24.5 Å². The topological polar surface area (TPSA) is 117 Å². The van der Waals surface area contributed by atoms with Gasteiger partial charge in [-0.1, -0.05) is 23.4 Å². The maximum Gasteiger partial charge on any atom is 0.352 e. The van der Waals surface area contributed by atoms with E-state index in [0.717, 1.165) is 48.5 Å². The molecule has 0 aliphatic carbocycles. The summed E-state index contributed by atoms with van der Waals surface area (Å²) in [6.07, 6.45) is 6.42. The quantitative estimate of drug-likeness (QED) is 0.233. The molecule has 0 amide bonds. The number of methoxy groups -OCH3 is 1. The second-order valence-corrected chi connectivity index (χ2v) is 10.4. The Labute approximate surface area is 230 Å². The van der Waals surface area contributed by atoms with Crippen molar-refractivity contribution in [1.29, 1.82) is 0 Å². The van der Waals surface area contributed by atoms with Crippen molar-refractivity contribution in [2.45, 2.75) is 50.1 Å². The molecule has 10 nitrogen and oxygen atoms in total. The molecule has 3 aliphatic rings. The van der Waals surface area contributed by atoms with Crippen molar-refractivity contribution in [3.63, 3.8) is 0 Å². The number of nitrogens with zero attached hydrogens (tertiary/aromatic N) is 2. The molecule has 2 atom stereocenters. The predicted octanol–water partition coefficient (Wildman–Crippen LogP) is 4.03. The van der Waals surface area contributed by atoms with E-state index in [2.05, 4.69) is 16.1 Å². The summed E-state index contributed by atoms with van der Waals surface area (Å²) < 4.78 is 26.5. The van der Waals surface area contributed by atoms with Gasteiger partial charge in [0.15, 0.2) is 23.7 Å². The number of aromatic nitrogens is 1. The van der Waals surface area contributed by atoms with Gasteiger partial charge < -0.3 is 23.5 Å². The third-order valence-corrected chi connectivity index (χ3v) is 7.99. The second-order valence-electron chi connectivity index (χ2n) is 10.4. The average Bonchev–Trinajstić information content (AvgIpc) is 3.49. The minimum Gasteiger partial charge on any atom is -0.493 e. The fraction of sp³-hybridized carbons (Fsp3) is 0.400. The molecule has 0 radical (unpaired) electrons. The highest BCUT2D eigenvalue weighted by Crippen LogP contribution is 2.44. The maximum atomic E-state index is 12.4. The van der Waals surface area contributed by atoms with Gasteiger partial charge in [0.1, 0.15) is 0 Å². The predicted molar refractivity (Wildman–Crippen MR) is 143 cm³/mol. The maximum absolute atomic E-state index is 12.4. The van der Waals surface area contributed by atoms with Gasteiger partial charge in [-0.2, -0.15) is 0 Å². The molecule has 2 aromatic carbocycles. The highest BCUT2D eigenvalue weighted by atomic mass is 16.6. The molecule has 2 unspecified atom stereocenters. The minimum atomic E-state index is -0.930. The van der Waals surface area contributed by atoms with Crippen LogP contribution in [-0.4, -0.2) is 66.9 Å². The van der Waals surface area contributed by atoms with Gasteiger partial charge in [-0.3, -0.25) is 4.90 Å². The Kier molecular flexibility index (Phi) is 7.25. The van der Waals surface area contributed by atoms with E-state index >= 15 is 0 Å². The van der Waals surface area contributed by atoms with Crippen LogP contribution in [0, 0.1) is 0 Å². The number of cyclic esters (lactones) is 3. The molecule has 0 saturated carbocycles. The van der Waals surface area contributed by atoms with Gasteiger partial charge in [0, 0.05) is 36.0 Å². The van der Waals surface area contributed by atoms with Gasteiger partial charge >= 0.3 is 17.9 Å². The van der Waals surface area contributed by atoms with Gasteiger partial charge in [0.05, 0.1) is 25.0 Å². The zero-order valence-corrected chi connectivity index (χ0v) is 22.2. The lowest BCUT2D eigenvalue weighted by atomic mass is 9.87. The number of esters is 3. The van der Waals surface area contributed by atoms with E-state index in [9.17, 15) is 14.4 Å². The van der Waals surface area contributed by atoms with Crippen LogP contribution in [0.4, 0.5) is 0 Å². The molecular weight excluding hydrogens is 516 g/mol. The van der Waals surface area contributed by atoms with Crippen LogP contribution in [0.2, 0.25) is 0 Å². The van der Waals surface area contributed by atoms with E-state index in [0.29, 0.717) is 41.7 Å². The number of hydrogen-bond donors (Lipinski definition) is 0. The van der Waals surface area contributed by atoms with Crippen molar-refractivity contribution in [2.24, 2.45) is 0 Å². The second kappa shape index (κ2) is 11.1. The molecule has 1 aromatic heterocycles. The molecule has 3 aromatic rings. The van der Waals surface area contributed by atoms with Gasteiger partial charge in [0.2, 0.25) is 0 Å². The van der Waals surface area contributed by atoms with Crippen molar-refractivity contribution in [3.8, 4) is 11.5 Å². The first-order valence-electron chi connectivity index (χ1n) is 13.5. The Balaban J connectivity index is 1.06. The number of fused-ring (bicyclic) bond motifs is 3. The lowest BCUT2D eigenvalue weighted by molar-refractivity contribution is -0.163. The molecule has 2 saturated heterocycles. The van der Waals surface area contributed by atoms with E-state index in [1.165, 1.54) is 20.0 Å². The van der Waals surface area contributed by atoms with Gasteiger partial charge in [-0.15, -0.1) is 0 Å². The van der Waals surface area contributed by atoms with Gasteiger partial charge in [-0.25, -0.2) is 14.4 Å². The van der Waals surface area contributed by atoms with Crippen molar-refractivity contribution in [2.75, 3.05) is 26.9 Å². The van der Waals surface area contributed by atoms with E-state index in [1.807, 2.05) is 18.2 Å². The molecule has 2 bridgehead atoms. The van der Waals surface area contributed by atoms with Crippen LogP contribution in [0.1, 0.15) is 49.3 Å². The summed E-state index contributed by atoms with van der Waals surface area (Å²) in [5, 5.41) is 5.56. The molecule has 40 heavy (non-hydrogen) atoms. The van der Waals surface area contributed by atoms with E-state index in [1.54, 1.807) is 18.2 Å². The first-order chi connectivity index (χ1) is 19.5. The fourth-order valence-corrected chi connectivity index (χ4v) is 6.18. The van der Waals surface area contributed by atoms with Crippen LogP contribution < -0.4 is 9.47 Å². The normalized spacial score (nSPS) is 24.6. The zero-order chi connectivity index (χ0) is 27.6. The smallest absolute Gasteiger partial charge is 0.352 e. The van der Waals surface area contributed by atoms with Crippen LogP contribution in [0.15, 0.2) is 53.1 Å². The lowest BCUT2D eigenvalue weighted by Gasteiger charge is -2.38. The van der Waals surface area contributed by atoms with Crippen LogP contribution in [-0.2, 0) is 23.9 Å². The number of hydrogen-bond acceptors (Lipinski definition) is 10. The standard InChI is InChI=1S/C30H30N2O8/c1-36-26-15-18(23-16-27(33)38-17-28(34)39-30(23)35)7-10-25(26)37-12-4-11-32-20-8-9-21(32)14-19(13-20)29-22-5-2-3-6-24(22)40-31-29/h2-3,5-7,10,15-16,19-21H,4,8-9,11-14,17H2,1H3/b23-16+. The van der Waals surface area contributed by atoms with Crippen LogP contribution in [0.5, 0.6) is 11.5 Å². The molecule has 208 valence electrons. The Morgan fingerprint density at radius 2 is 1.82 bits per heavy atom.